The van der Waals surface area contributed by atoms with Crippen LogP contribution in [0.1, 0.15) is 17.9 Å². The molecule has 0 radical (unpaired) electrons. The molecule has 1 aliphatic rings. The van der Waals surface area contributed by atoms with Crippen LogP contribution >= 0.6 is 12.2 Å². The Bertz CT molecular complexity index is 464. The molecule has 1 fully saturated rings. The fourth-order valence-electron chi connectivity index (χ4n) is 2.07. The molecule has 1 aliphatic heterocycles. The van der Waals surface area contributed by atoms with Gasteiger partial charge >= 0.3 is 0 Å². The summed E-state index contributed by atoms with van der Waals surface area (Å²) in [6.07, 6.45) is 0.624. The van der Waals surface area contributed by atoms with Crippen LogP contribution in [0.25, 0.3) is 0 Å². The zero-order chi connectivity index (χ0) is 12.6. The topological polar surface area (TPSA) is 29.3 Å². The van der Waals surface area contributed by atoms with Crippen molar-refractivity contribution in [2.24, 2.45) is 5.73 Å². The molecule has 0 saturated carbocycles. The molecular formula is C11H11F3N2S. The third-order valence-electron chi connectivity index (χ3n) is 2.98. The van der Waals surface area contributed by atoms with Crippen molar-refractivity contribution < 1.29 is 13.2 Å². The smallest absolute Gasteiger partial charge is 0.166 e. The Labute approximate surface area is 102 Å². The van der Waals surface area contributed by atoms with Crippen LogP contribution < -0.4 is 5.73 Å². The predicted molar refractivity (Wildman–Crippen MR) is 62.0 cm³/mol. The largest absolute Gasteiger partial charge is 0.376 e. The van der Waals surface area contributed by atoms with Crippen LogP contribution in [-0.2, 0) is 0 Å². The number of likely N-dealkylation sites (tertiary alicyclic amines) is 1. The lowest BCUT2D eigenvalue weighted by atomic mass is 9.97. The van der Waals surface area contributed by atoms with Crippen molar-refractivity contribution in [3.8, 4) is 0 Å². The first kappa shape index (κ1) is 12.2. The number of rotatable bonds is 1. The predicted octanol–water partition coefficient (Wildman–Crippen LogP) is 2.14. The molecule has 2 nitrogen and oxygen atoms in total. The average molecular weight is 260 g/mol. The van der Waals surface area contributed by atoms with Crippen LogP contribution in [0.5, 0.6) is 0 Å². The van der Waals surface area contributed by atoms with Gasteiger partial charge in [-0.25, -0.2) is 13.2 Å². The molecule has 1 saturated heterocycles. The Hall–Kier alpha value is -1.30. The zero-order valence-corrected chi connectivity index (χ0v) is 9.74. The first-order valence-electron chi connectivity index (χ1n) is 5.18. The number of hydrogen-bond acceptors (Lipinski definition) is 1. The van der Waals surface area contributed by atoms with Crippen LogP contribution in [0.3, 0.4) is 0 Å². The van der Waals surface area contributed by atoms with Crippen molar-refractivity contribution >= 4 is 17.3 Å². The van der Waals surface area contributed by atoms with E-state index in [0.29, 0.717) is 25.6 Å². The number of benzene rings is 1. The van der Waals surface area contributed by atoms with Crippen molar-refractivity contribution in [2.45, 2.75) is 12.3 Å². The molecule has 1 aromatic rings. The second kappa shape index (κ2) is 4.52. The van der Waals surface area contributed by atoms with Gasteiger partial charge in [-0.2, -0.15) is 0 Å². The highest BCUT2D eigenvalue weighted by Crippen LogP contribution is 2.30. The summed E-state index contributed by atoms with van der Waals surface area (Å²) in [7, 11) is 0. The van der Waals surface area contributed by atoms with Crippen LogP contribution in [-0.4, -0.2) is 23.1 Å². The maximum atomic E-state index is 13.5. The Balaban J connectivity index is 2.24. The molecule has 1 aromatic carbocycles. The first-order valence-corrected chi connectivity index (χ1v) is 5.58. The molecule has 1 heterocycles. The minimum absolute atomic E-state index is 0.183. The van der Waals surface area contributed by atoms with Gasteiger partial charge in [0.1, 0.15) is 5.82 Å². The van der Waals surface area contributed by atoms with Gasteiger partial charge in [0.05, 0.1) is 0 Å². The molecule has 6 heteroatoms. The molecule has 0 aromatic heterocycles. The van der Waals surface area contributed by atoms with E-state index in [9.17, 15) is 13.2 Å². The van der Waals surface area contributed by atoms with Gasteiger partial charge in [0.2, 0.25) is 0 Å². The summed E-state index contributed by atoms with van der Waals surface area (Å²) in [5.41, 5.74) is 5.64. The molecule has 1 atom stereocenters. The molecule has 0 amide bonds. The van der Waals surface area contributed by atoms with Crippen molar-refractivity contribution in [1.82, 2.24) is 4.90 Å². The van der Waals surface area contributed by atoms with Crippen LogP contribution in [0.15, 0.2) is 12.1 Å². The van der Waals surface area contributed by atoms with E-state index in [4.69, 9.17) is 18.0 Å². The van der Waals surface area contributed by atoms with E-state index in [2.05, 4.69) is 0 Å². The molecule has 1 unspecified atom stereocenters. The van der Waals surface area contributed by atoms with Gasteiger partial charge < -0.3 is 10.6 Å². The van der Waals surface area contributed by atoms with E-state index in [-0.39, 0.29) is 16.6 Å². The number of thiocarbonyl (C=S) groups is 1. The Morgan fingerprint density at radius 2 is 1.88 bits per heavy atom. The van der Waals surface area contributed by atoms with Crippen molar-refractivity contribution in [3.05, 3.63) is 35.1 Å². The Morgan fingerprint density at radius 3 is 2.47 bits per heavy atom. The minimum atomic E-state index is -1.17. The summed E-state index contributed by atoms with van der Waals surface area (Å²) < 4.78 is 39.4. The first-order chi connectivity index (χ1) is 7.99. The van der Waals surface area contributed by atoms with Crippen molar-refractivity contribution in [3.63, 3.8) is 0 Å². The van der Waals surface area contributed by atoms with E-state index in [1.165, 1.54) is 0 Å². The molecule has 2 rings (SSSR count). The Morgan fingerprint density at radius 1 is 1.24 bits per heavy atom. The van der Waals surface area contributed by atoms with Crippen molar-refractivity contribution in [2.75, 3.05) is 13.1 Å². The molecule has 0 aliphatic carbocycles. The Kier molecular flexibility index (Phi) is 3.24. The van der Waals surface area contributed by atoms with E-state index < -0.39 is 17.5 Å². The highest BCUT2D eigenvalue weighted by atomic mass is 32.1. The quantitative estimate of drug-likeness (QED) is 0.619. The highest BCUT2D eigenvalue weighted by Gasteiger charge is 2.27. The third kappa shape index (κ3) is 2.36. The van der Waals surface area contributed by atoms with Gasteiger partial charge in [-0.15, -0.1) is 0 Å². The van der Waals surface area contributed by atoms with E-state index in [0.717, 1.165) is 6.07 Å². The summed E-state index contributed by atoms with van der Waals surface area (Å²) in [5, 5.41) is 0.246. The lowest BCUT2D eigenvalue weighted by molar-refractivity contribution is 0.479. The number of hydrogen-bond donors (Lipinski definition) is 1. The maximum absolute atomic E-state index is 13.5. The van der Waals surface area contributed by atoms with Gasteiger partial charge in [-0.1, -0.05) is 0 Å². The minimum Gasteiger partial charge on any atom is -0.376 e. The summed E-state index contributed by atoms with van der Waals surface area (Å²) in [5.74, 6) is -3.13. The van der Waals surface area contributed by atoms with E-state index in [1.807, 2.05) is 0 Å². The number of nitrogens with two attached hydrogens (primary N) is 1. The molecular weight excluding hydrogens is 249 g/mol. The van der Waals surface area contributed by atoms with Crippen LogP contribution in [0.4, 0.5) is 13.2 Å². The SMILES string of the molecule is NC(=S)N1CCC(c2cc(F)c(F)cc2F)C1. The molecule has 2 N–H and O–H groups in total. The number of nitrogens with zero attached hydrogens (tertiary/aromatic N) is 1. The highest BCUT2D eigenvalue weighted by molar-refractivity contribution is 7.80. The van der Waals surface area contributed by atoms with Gasteiger partial charge in [-0.3, -0.25) is 0 Å². The third-order valence-corrected chi connectivity index (χ3v) is 3.24. The molecule has 17 heavy (non-hydrogen) atoms. The fraction of sp³-hybridized carbons (Fsp3) is 0.364. The van der Waals surface area contributed by atoms with Gasteiger partial charge in [0, 0.05) is 25.1 Å². The van der Waals surface area contributed by atoms with E-state index in [1.54, 1.807) is 4.90 Å². The monoisotopic (exact) mass is 260 g/mol. The summed E-state index contributed by atoms with van der Waals surface area (Å²) >= 11 is 4.81. The average Bonchev–Trinajstić information content (AvgIpc) is 2.72. The maximum Gasteiger partial charge on any atom is 0.166 e. The summed E-state index contributed by atoms with van der Waals surface area (Å²) in [4.78, 5) is 1.72. The van der Waals surface area contributed by atoms with Crippen LogP contribution in [0.2, 0.25) is 0 Å². The second-order valence-electron chi connectivity index (χ2n) is 4.06. The zero-order valence-electron chi connectivity index (χ0n) is 8.92. The molecule has 0 bridgehead atoms. The van der Waals surface area contributed by atoms with Gasteiger partial charge in [-0.05, 0) is 30.3 Å². The van der Waals surface area contributed by atoms with E-state index >= 15 is 0 Å². The molecule has 0 spiro atoms. The lowest BCUT2D eigenvalue weighted by Crippen LogP contribution is -2.33. The lowest BCUT2D eigenvalue weighted by Gasteiger charge is -2.16. The summed E-state index contributed by atoms with van der Waals surface area (Å²) in [6.45, 7) is 1.05. The van der Waals surface area contributed by atoms with Crippen molar-refractivity contribution in [1.29, 1.82) is 0 Å². The normalized spacial score (nSPS) is 19.7. The molecule has 92 valence electrons. The van der Waals surface area contributed by atoms with Gasteiger partial charge in [0.15, 0.2) is 16.7 Å². The summed E-state index contributed by atoms with van der Waals surface area (Å²) in [6, 6.07) is 1.49. The van der Waals surface area contributed by atoms with Gasteiger partial charge in [0.25, 0.3) is 0 Å². The van der Waals surface area contributed by atoms with Crippen LogP contribution in [0, 0.1) is 17.5 Å². The standard InChI is InChI=1S/C11H11F3N2S/c12-8-4-10(14)9(13)3-7(8)6-1-2-16(5-6)11(15)17/h3-4,6H,1-2,5H2,(H2,15,17). The fourth-order valence-corrected chi connectivity index (χ4v) is 2.23. The number of halogens is 3. The second-order valence-corrected chi connectivity index (χ2v) is 4.48.